The van der Waals surface area contributed by atoms with Gasteiger partial charge in [0.05, 0.1) is 0 Å². The molecule has 2 bridgehead atoms. The lowest BCUT2D eigenvalue weighted by Gasteiger charge is -2.45. The van der Waals surface area contributed by atoms with Crippen LogP contribution in [0.25, 0.3) is 0 Å². The lowest BCUT2D eigenvalue weighted by Crippen LogP contribution is -2.53. The second kappa shape index (κ2) is 5.25. The van der Waals surface area contributed by atoms with E-state index in [-0.39, 0.29) is 0 Å². The molecule has 17 heavy (non-hydrogen) atoms. The second-order valence-corrected chi connectivity index (χ2v) is 6.17. The molecule has 3 heteroatoms. The highest BCUT2D eigenvalue weighted by Gasteiger charge is 2.39. The lowest BCUT2D eigenvalue weighted by atomic mass is 9.88. The first kappa shape index (κ1) is 11.9. The largest absolute Gasteiger partial charge is 0.330 e. The average Bonchev–Trinajstić information content (AvgIpc) is 2.73. The van der Waals surface area contributed by atoms with Gasteiger partial charge in [0.15, 0.2) is 0 Å². The second-order valence-electron chi connectivity index (χ2n) is 6.17. The molecule has 4 unspecified atom stereocenters. The fourth-order valence-corrected chi connectivity index (χ4v) is 4.33. The van der Waals surface area contributed by atoms with Crippen LogP contribution in [0.4, 0.5) is 0 Å². The highest BCUT2D eigenvalue weighted by molar-refractivity contribution is 4.95. The van der Waals surface area contributed by atoms with E-state index in [1.807, 2.05) is 0 Å². The van der Waals surface area contributed by atoms with Gasteiger partial charge in [-0.25, -0.2) is 0 Å². The highest BCUT2D eigenvalue weighted by atomic mass is 15.2. The van der Waals surface area contributed by atoms with Crippen LogP contribution in [0, 0.1) is 5.92 Å². The molecule has 3 heterocycles. The first-order valence-corrected chi connectivity index (χ1v) is 7.56. The van der Waals surface area contributed by atoms with Crippen molar-refractivity contribution in [2.75, 3.05) is 32.7 Å². The number of hydrogen-bond acceptors (Lipinski definition) is 3. The van der Waals surface area contributed by atoms with Crippen LogP contribution >= 0.6 is 0 Å². The van der Waals surface area contributed by atoms with E-state index in [1.54, 1.807) is 0 Å². The van der Waals surface area contributed by atoms with Gasteiger partial charge in [-0.05, 0) is 64.2 Å². The van der Waals surface area contributed by atoms with Crippen LogP contribution in [-0.2, 0) is 0 Å². The summed E-state index contributed by atoms with van der Waals surface area (Å²) in [5, 5.41) is 0. The van der Waals surface area contributed by atoms with Crippen LogP contribution in [0.2, 0.25) is 0 Å². The van der Waals surface area contributed by atoms with Crippen LogP contribution in [-0.4, -0.2) is 54.6 Å². The van der Waals surface area contributed by atoms with Crippen molar-refractivity contribution in [2.24, 2.45) is 11.7 Å². The minimum atomic E-state index is 0.797. The van der Waals surface area contributed by atoms with E-state index >= 15 is 0 Å². The first-order chi connectivity index (χ1) is 8.38. The van der Waals surface area contributed by atoms with Crippen molar-refractivity contribution in [1.82, 2.24) is 9.80 Å². The van der Waals surface area contributed by atoms with E-state index in [0.717, 1.165) is 24.5 Å². The van der Waals surface area contributed by atoms with Crippen LogP contribution in [0.5, 0.6) is 0 Å². The number of hydrogen-bond donors (Lipinski definition) is 1. The summed E-state index contributed by atoms with van der Waals surface area (Å²) in [6, 6.07) is 1.68. The molecular weight excluding hydrogens is 210 g/mol. The van der Waals surface area contributed by atoms with Crippen LogP contribution in [0.1, 0.15) is 38.5 Å². The summed E-state index contributed by atoms with van der Waals surface area (Å²) in [4.78, 5) is 5.51. The molecule has 2 N–H and O–H groups in total. The minimum Gasteiger partial charge on any atom is -0.330 e. The summed E-state index contributed by atoms with van der Waals surface area (Å²) < 4.78 is 0. The molecule has 3 nitrogen and oxygen atoms in total. The summed E-state index contributed by atoms with van der Waals surface area (Å²) in [6.45, 7) is 6.27. The van der Waals surface area contributed by atoms with Crippen molar-refractivity contribution < 1.29 is 0 Å². The Labute approximate surface area is 105 Å². The maximum atomic E-state index is 5.79. The average molecular weight is 237 g/mol. The van der Waals surface area contributed by atoms with Crippen molar-refractivity contribution in [3.8, 4) is 0 Å². The van der Waals surface area contributed by atoms with Gasteiger partial charge in [0.25, 0.3) is 0 Å². The third-order valence-electron chi connectivity index (χ3n) is 5.19. The molecule has 3 saturated heterocycles. The van der Waals surface area contributed by atoms with E-state index in [9.17, 15) is 0 Å². The summed E-state index contributed by atoms with van der Waals surface area (Å²) >= 11 is 0. The fraction of sp³-hybridized carbons (Fsp3) is 1.00. The quantitative estimate of drug-likeness (QED) is 0.803. The summed E-state index contributed by atoms with van der Waals surface area (Å²) in [6.07, 6.45) is 8.29. The predicted octanol–water partition coefficient (Wildman–Crippen LogP) is 1.28. The van der Waals surface area contributed by atoms with Crippen molar-refractivity contribution in [2.45, 2.75) is 50.6 Å². The summed E-state index contributed by atoms with van der Waals surface area (Å²) in [5.41, 5.74) is 5.79. The molecule has 0 amide bonds. The maximum absolute atomic E-state index is 5.79. The Kier molecular flexibility index (Phi) is 3.69. The van der Waals surface area contributed by atoms with Gasteiger partial charge in [0.1, 0.15) is 0 Å². The van der Waals surface area contributed by atoms with Crippen molar-refractivity contribution in [1.29, 1.82) is 0 Å². The minimum absolute atomic E-state index is 0.797. The van der Waals surface area contributed by atoms with E-state index < -0.39 is 0 Å². The number of fused-ring (bicyclic) bond motifs is 2. The SMILES string of the molecule is NCCC1CCCCN1C1CCN2CCC1C2. The Morgan fingerprint density at radius 3 is 2.76 bits per heavy atom. The zero-order valence-corrected chi connectivity index (χ0v) is 11.0. The Bertz CT molecular complexity index is 254. The Morgan fingerprint density at radius 2 is 1.88 bits per heavy atom. The third-order valence-corrected chi connectivity index (χ3v) is 5.19. The predicted molar refractivity (Wildman–Crippen MR) is 71.0 cm³/mol. The van der Waals surface area contributed by atoms with Crippen molar-refractivity contribution >= 4 is 0 Å². The van der Waals surface area contributed by atoms with Gasteiger partial charge in [0, 0.05) is 18.6 Å². The number of nitrogens with zero attached hydrogens (tertiary/aromatic N) is 2. The Morgan fingerprint density at radius 1 is 1.00 bits per heavy atom. The van der Waals surface area contributed by atoms with Gasteiger partial charge in [-0.3, -0.25) is 4.90 Å². The molecule has 3 rings (SSSR count). The Balaban J connectivity index is 1.67. The first-order valence-electron chi connectivity index (χ1n) is 7.56. The Hall–Kier alpha value is -0.120. The van der Waals surface area contributed by atoms with Crippen LogP contribution in [0.3, 0.4) is 0 Å². The van der Waals surface area contributed by atoms with E-state index in [4.69, 9.17) is 5.73 Å². The molecule has 0 aromatic heterocycles. The molecule has 4 atom stereocenters. The maximum Gasteiger partial charge on any atom is 0.0151 e. The van der Waals surface area contributed by atoms with Crippen LogP contribution in [0.15, 0.2) is 0 Å². The molecule has 0 aromatic carbocycles. The molecule has 3 aliphatic rings. The summed E-state index contributed by atoms with van der Waals surface area (Å²) in [7, 11) is 0. The lowest BCUT2D eigenvalue weighted by molar-refractivity contribution is 0.0364. The van der Waals surface area contributed by atoms with E-state index in [2.05, 4.69) is 9.80 Å². The monoisotopic (exact) mass is 237 g/mol. The van der Waals surface area contributed by atoms with E-state index in [1.165, 1.54) is 64.7 Å². The number of piperidine rings is 2. The molecule has 3 fully saturated rings. The zero-order chi connectivity index (χ0) is 11.7. The highest BCUT2D eigenvalue weighted by Crippen LogP contribution is 2.34. The molecule has 0 spiro atoms. The van der Waals surface area contributed by atoms with E-state index in [0.29, 0.717) is 0 Å². The van der Waals surface area contributed by atoms with Crippen molar-refractivity contribution in [3.05, 3.63) is 0 Å². The molecule has 0 radical (unpaired) electrons. The normalized spacial score (nSPS) is 42.9. The molecule has 0 aromatic rings. The van der Waals surface area contributed by atoms with Gasteiger partial charge < -0.3 is 10.6 Å². The molecule has 3 aliphatic heterocycles. The fourth-order valence-electron chi connectivity index (χ4n) is 4.33. The topological polar surface area (TPSA) is 32.5 Å². The van der Waals surface area contributed by atoms with Gasteiger partial charge in [0.2, 0.25) is 0 Å². The van der Waals surface area contributed by atoms with Gasteiger partial charge in [-0.1, -0.05) is 6.42 Å². The van der Waals surface area contributed by atoms with Gasteiger partial charge in [-0.2, -0.15) is 0 Å². The molecule has 98 valence electrons. The molecule has 0 aliphatic carbocycles. The standard InChI is InChI=1S/C14H27N3/c15-7-4-13-3-1-2-8-17(13)14-6-10-16-9-5-12(14)11-16/h12-14H,1-11,15H2. The zero-order valence-electron chi connectivity index (χ0n) is 11.0. The van der Waals surface area contributed by atoms with Gasteiger partial charge in [-0.15, -0.1) is 0 Å². The molecular formula is C14H27N3. The summed E-state index contributed by atoms with van der Waals surface area (Å²) in [5.74, 6) is 0.960. The van der Waals surface area contributed by atoms with Gasteiger partial charge >= 0.3 is 0 Å². The third kappa shape index (κ3) is 2.38. The molecule has 0 saturated carbocycles. The van der Waals surface area contributed by atoms with Crippen molar-refractivity contribution in [3.63, 3.8) is 0 Å². The number of likely N-dealkylation sites (tertiary alicyclic amines) is 1. The van der Waals surface area contributed by atoms with Crippen LogP contribution < -0.4 is 5.73 Å². The number of rotatable bonds is 3. The smallest absolute Gasteiger partial charge is 0.0151 e. The number of nitrogens with two attached hydrogens (primary N) is 1.